The number of nitrogens with zero attached hydrogens (tertiary/aromatic N) is 1. The highest BCUT2D eigenvalue weighted by atomic mass is 35.5. The quantitative estimate of drug-likeness (QED) is 0.789. The number of carbonyl (C=O) groups is 1. The molecule has 0 aromatic carbocycles. The minimum Gasteiger partial charge on any atom is -0.465 e. The summed E-state index contributed by atoms with van der Waals surface area (Å²) in [6.45, 7) is 3.94. The fourth-order valence-electron chi connectivity index (χ4n) is 1.49. The van der Waals surface area contributed by atoms with E-state index in [0.717, 1.165) is 24.2 Å². The van der Waals surface area contributed by atoms with Crippen molar-refractivity contribution >= 4 is 34.0 Å². The maximum Gasteiger partial charge on any atom is 0.351 e. The van der Waals surface area contributed by atoms with Crippen LogP contribution in [0.15, 0.2) is 0 Å². The Labute approximate surface area is 115 Å². The normalized spacial score (nSPS) is 11.4. The van der Waals surface area contributed by atoms with E-state index in [9.17, 15) is 9.90 Å². The summed E-state index contributed by atoms with van der Waals surface area (Å²) in [4.78, 5) is 15.7. The minimum atomic E-state index is -0.506. The number of thiazole rings is 1. The lowest BCUT2D eigenvalue weighted by atomic mass is 9.94. The van der Waals surface area contributed by atoms with Gasteiger partial charge in [0, 0.05) is 0 Å². The topological polar surface area (TPSA) is 71.5 Å². The van der Waals surface area contributed by atoms with Gasteiger partial charge in [-0.15, -0.1) is 0 Å². The molecule has 1 aromatic rings. The number of hydrogen-bond donors (Lipinski definition) is 2. The van der Waals surface area contributed by atoms with E-state index in [-0.39, 0.29) is 16.6 Å². The molecule has 0 unspecified atom stereocenters. The van der Waals surface area contributed by atoms with Crippen molar-refractivity contribution in [2.24, 2.45) is 0 Å². The van der Waals surface area contributed by atoms with Gasteiger partial charge in [-0.25, -0.2) is 9.78 Å². The fourth-order valence-corrected chi connectivity index (χ4v) is 2.71. The van der Waals surface area contributed by atoms with Gasteiger partial charge in [-0.1, -0.05) is 36.8 Å². The highest BCUT2D eigenvalue weighted by molar-refractivity contribution is 7.18. The average Bonchev–Trinajstić information content (AvgIpc) is 2.76. The molecule has 0 atom stereocenters. The zero-order valence-electron chi connectivity index (χ0n) is 10.6. The smallest absolute Gasteiger partial charge is 0.351 e. The Morgan fingerprint density at radius 2 is 2.17 bits per heavy atom. The molecule has 7 heteroatoms. The molecule has 0 radical (unpaired) electrons. The van der Waals surface area contributed by atoms with Gasteiger partial charge in [0.2, 0.25) is 0 Å². The Hall–Kier alpha value is -0.850. The standard InChI is InChI=1S/C11H17ClN2O3S/c1-4-11(5-2,6-15)14-10-13-8(12)7(18-10)9(16)17-3/h15H,4-6H2,1-3H3,(H,13,14). The van der Waals surface area contributed by atoms with Crippen molar-refractivity contribution in [2.75, 3.05) is 19.0 Å². The summed E-state index contributed by atoms with van der Waals surface area (Å²) in [5.41, 5.74) is -0.436. The van der Waals surface area contributed by atoms with Gasteiger partial charge in [-0.05, 0) is 12.8 Å². The van der Waals surface area contributed by atoms with Crippen LogP contribution in [0.25, 0.3) is 0 Å². The molecule has 0 aliphatic carbocycles. The highest BCUT2D eigenvalue weighted by Gasteiger charge is 2.27. The molecule has 0 bridgehead atoms. The summed E-state index contributed by atoms with van der Waals surface area (Å²) >= 11 is 7.00. The maximum absolute atomic E-state index is 11.4. The molecule has 102 valence electrons. The summed E-state index contributed by atoms with van der Waals surface area (Å²) < 4.78 is 4.61. The Morgan fingerprint density at radius 1 is 1.56 bits per heavy atom. The molecule has 1 heterocycles. The van der Waals surface area contributed by atoms with Crippen molar-refractivity contribution in [2.45, 2.75) is 32.2 Å². The number of ether oxygens (including phenoxy) is 1. The van der Waals surface area contributed by atoms with Crippen molar-refractivity contribution in [1.82, 2.24) is 4.98 Å². The van der Waals surface area contributed by atoms with Gasteiger partial charge in [-0.3, -0.25) is 0 Å². The lowest BCUT2D eigenvalue weighted by Crippen LogP contribution is -2.40. The van der Waals surface area contributed by atoms with Crippen molar-refractivity contribution < 1.29 is 14.6 Å². The van der Waals surface area contributed by atoms with Crippen LogP contribution in [-0.2, 0) is 4.74 Å². The van der Waals surface area contributed by atoms with Gasteiger partial charge in [0.15, 0.2) is 15.2 Å². The van der Waals surface area contributed by atoms with Gasteiger partial charge in [0.05, 0.1) is 19.3 Å². The number of aliphatic hydroxyl groups is 1. The first-order valence-electron chi connectivity index (χ1n) is 5.65. The lowest BCUT2D eigenvalue weighted by molar-refractivity contribution is 0.0606. The van der Waals surface area contributed by atoms with Crippen molar-refractivity contribution in [3.63, 3.8) is 0 Å². The number of aliphatic hydroxyl groups excluding tert-OH is 1. The van der Waals surface area contributed by atoms with E-state index in [1.807, 2.05) is 13.8 Å². The molecule has 0 fully saturated rings. The van der Waals surface area contributed by atoms with E-state index in [1.165, 1.54) is 7.11 Å². The SMILES string of the molecule is CCC(CC)(CO)Nc1nc(Cl)c(C(=O)OC)s1. The second-order valence-electron chi connectivity index (χ2n) is 3.90. The molecule has 0 amide bonds. The van der Waals surface area contributed by atoms with Gasteiger partial charge in [0.1, 0.15) is 0 Å². The molecule has 0 saturated carbocycles. The second kappa shape index (κ2) is 6.36. The van der Waals surface area contributed by atoms with E-state index in [0.29, 0.717) is 5.13 Å². The molecule has 0 aliphatic rings. The van der Waals surface area contributed by atoms with E-state index >= 15 is 0 Å². The molecule has 1 rings (SSSR count). The number of carbonyl (C=O) groups excluding carboxylic acids is 1. The predicted molar refractivity (Wildman–Crippen MR) is 72.5 cm³/mol. The number of halogens is 1. The Kier molecular flexibility index (Phi) is 5.37. The van der Waals surface area contributed by atoms with Crippen molar-refractivity contribution in [3.05, 3.63) is 10.0 Å². The number of nitrogens with one attached hydrogen (secondary N) is 1. The predicted octanol–water partition coefficient (Wildman–Crippen LogP) is 2.55. The maximum atomic E-state index is 11.4. The Morgan fingerprint density at radius 3 is 2.61 bits per heavy atom. The number of aromatic nitrogens is 1. The molecule has 1 aromatic heterocycles. The average molecular weight is 293 g/mol. The minimum absolute atomic E-state index is 0.00917. The van der Waals surface area contributed by atoms with Crippen LogP contribution in [0.3, 0.4) is 0 Å². The van der Waals surface area contributed by atoms with Gasteiger partial charge >= 0.3 is 5.97 Å². The molecule has 0 spiro atoms. The van der Waals surface area contributed by atoms with E-state index < -0.39 is 11.5 Å². The zero-order valence-corrected chi connectivity index (χ0v) is 12.2. The second-order valence-corrected chi connectivity index (χ2v) is 5.26. The van der Waals surface area contributed by atoms with E-state index in [2.05, 4.69) is 15.0 Å². The lowest BCUT2D eigenvalue weighted by Gasteiger charge is -2.30. The fraction of sp³-hybridized carbons (Fsp3) is 0.636. The molecular formula is C11H17ClN2O3S. The molecule has 2 N–H and O–H groups in total. The number of hydrogen-bond acceptors (Lipinski definition) is 6. The highest BCUT2D eigenvalue weighted by Crippen LogP contribution is 2.31. The van der Waals surface area contributed by atoms with Crippen LogP contribution in [0.4, 0.5) is 5.13 Å². The molecule has 0 saturated heterocycles. The summed E-state index contributed by atoms with van der Waals surface area (Å²) in [5, 5.41) is 13.2. The number of anilines is 1. The van der Waals surface area contributed by atoms with E-state index in [4.69, 9.17) is 11.6 Å². The summed E-state index contributed by atoms with van der Waals surface area (Å²) in [6.07, 6.45) is 1.48. The van der Waals surface area contributed by atoms with Gasteiger partial charge in [0.25, 0.3) is 0 Å². The third-order valence-electron chi connectivity index (χ3n) is 2.98. The third kappa shape index (κ3) is 3.13. The number of esters is 1. The molecule has 18 heavy (non-hydrogen) atoms. The van der Waals surface area contributed by atoms with Crippen molar-refractivity contribution in [3.8, 4) is 0 Å². The first-order valence-corrected chi connectivity index (χ1v) is 6.85. The van der Waals surface area contributed by atoms with Crippen LogP contribution in [0, 0.1) is 0 Å². The van der Waals surface area contributed by atoms with Gasteiger partial charge < -0.3 is 15.2 Å². The molecule has 5 nitrogen and oxygen atoms in total. The van der Waals surface area contributed by atoms with Crippen LogP contribution in [0.5, 0.6) is 0 Å². The summed E-state index contributed by atoms with van der Waals surface area (Å²) in [5.74, 6) is -0.506. The summed E-state index contributed by atoms with van der Waals surface area (Å²) in [6, 6.07) is 0. The van der Waals surface area contributed by atoms with Crippen LogP contribution >= 0.6 is 22.9 Å². The first-order chi connectivity index (χ1) is 8.51. The molecular weight excluding hydrogens is 276 g/mol. The molecule has 0 aliphatic heterocycles. The number of methoxy groups -OCH3 is 1. The first kappa shape index (κ1) is 15.2. The Bertz CT molecular complexity index is 410. The monoisotopic (exact) mass is 292 g/mol. The number of rotatable bonds is 6. The van der Waals surface area contributed by atoms with Crippen LogP contribution in [0.1, 0.15) is 36.4 Å². The van der Waals surface area contributed by atoms with Crippen LogP contribution in [0.2, 0.25) is 5.15 Å². The van der Waals surface area contributed by atoms with Crippen molar-refractivity contribution in [1.29, 1.82) is 0 Å². The van der Waals surface area contributed by atoms with Gasteiger partial charge in [-0.2, -0.15) is 0 Å². The summed E-state index contributed by atoms with van der Waals surface area (Å²) in [7, 11) is 1.29. The van der Waals surface area contributed by atoms with E-state index in [1.54, 1.807) is 0 Å². The third-order valence-corrected chi connectivity index (χ3v) is 4.32. The Balaban J connectivity index is 2.95. The van der Waals surface area contributed by atoms with Crippen LogP contribution in [-0.4, -0.2) is 35.3 Å². The zero-order chi connectivity index (χ0) is 13.8. The largest absolute Gasteiger partial charge is 0.465 e. The van der Waals surface area contributed by atoms with Crippen LogP contribution < -0.4 is 5.32 Å².